The highest BCUT2D eigenvalue weighted by Crippen LogP contribution is 2.20. The Kier molecular flexibility index (Phi) is 4.39. The number of hydrogen-bond donors (Lipinski definition) is 3. The zero-order valence-electron chi connectivity index (χ0n) is 10.7. The average Bonchev–Trinajstić information content (AvgIpc) is 2.48. The van der Waals surface area contributed by atoms with Crippen molar-refractivity contribution in [3.05, 3.63) is 64.4 Å². The number of carbonyl (C=O) groups excluding carboxylic acids is 1. The van der Waals surface area contributed by atoms with E-state index in [1.54, 1.807) is 24.3 Å². The van der Waals surface area contributed by atoms with Crippen LogP contribution in [-0.2, 0) is 0 Å². The molecule has 0 unspecified atom stereocenters. The third-order valence-corrected chi connectivity index (χ3v) is 3.06. The Hall–Kier alpha value is -2.60. The number of carbonyl (C=O) groups is 1. The van der Waals surface area contributed by atoms with E-state index in [-0.39, 0.29) is 27.7 Å². The molecule has 21 heavy (non-hydrogen) atoms. The zero-order valence-corrected chi connectivity index (χ0v) is 11.4. The standard InChI is InChI=1S/C14H11ClFN3O2/c15-11-4-2-1-3-9(11)14(20)18-12-6-5-8(16)7-10(12)13(17)19-21/h1-7,21H,(H2,17,19)(H,18,20). The molecule has 0 aliphatic rings. The highest BCUT2D eigenvalue weighted by atomic mass is 35.5. The molecule has 2 aromatic carbocycles. The van der Waals surface area contributed by atoms with Crippen LogP contribution in [0, 0.1) is 5.82 Å². The number of amides is 1. The van der Waals surface area contributed by atoms with Gasteiger partial charge >= 0.3 is 0 Å². The minimum Gasteiger partial charge on any atom is -0.409 e. The fourth-order valence-corrected chi connectivity index (χ4v) is 1.95. The maximum Gasteiger partial charge on any atom is 0.257 e. The van der Waals surface area contributed by atoms with Crippen LogP contribution in [-0.4, -0.2) is 17.0 Å². The molecule has 1 amide bonds. The molecular formula is C14H11ClFN3O2. The van der Waals surface area contributed by atoms with Crippen molar-refractivity contribution in [3.8, 4) is 0 Å². The molecule has 0 bridgehead atoms. The molecule has 0 saturated carbocycles. The number of benzene rings is 2. The number of nitrogens with zero attached hydrogens (tertiary/aromatic N) is 1. The molecule has 0 aliphatic carbocycles. The summed E-state index contributed by atoms with van der Waals surface area (Å²) in [4.78, 5) is 12.2. The molecule has 2 aromatic rings. The lowest BCUT2D eigenvalue weighted by atomic mass is 10.1. The molecule has 0 atom stereocenters. The summed E-state index contributed by atoms with van der Waals surface area (Å²) in [5.74, 6) is -1.38. The average molecular weight is 308 g/mol. The largest absolute Gasteiger partial charge is 0.409 e. The van der Waals surface area contributed by atoms with Crippen LogP contribution in [0.5, 0.6) is 0 Å². The fraction of sp³-hybridized carbons (Fsp3) is 0. The number of anilines is 1. The van der Waals surface area contributed by atoms with Crippen molar-refractivity contribution in [2.75, 3.05) is 5.32 Å². The quantitative estimate of drug-likeness (QED) is 0.352. The van der Waals surface area contributed by atoms with Gasteiger partial charge in [-0.05, 0) is 30.3 Å². The second-order valence-electron chi connectivity index (χ2n) is 4.11. The van der Waals surface area contributed by atoms with Gasteiger partial charge in [0.05, 0.1) is 16.3 Å². The minimum absolute atomic E-state index is 0.0675. The highest BCUT2D eigenvalue weighted by Gasteiger charge is 2.14. The van der Waals surface area contributed by atoms with E-state index in [0.717, 1.165) is 12.1 Å². The van der Waals surface area contributed by atoms with Gasteiger partial charge < -0.3 is 16.3 Å². The van der Waals surface area contributed by atoms with Gasteiger partial charge in [0.1, 0.15) is 5.82 Å². The summed E-state index contributed by atoms with van der Waals surface area (Å²) >= 11 is 5.93. The van der Waals surface area contributed by atoms with Gasteiger partial charge in [0.25, 0.3) is 5.91 Å². The number of halogens is 2. The van der Waals surface area contributed by atoms with Crippen LogP contribution in [0.1, 0.15) is 15.9 Å². The van der Waals surface area contributed by atoms with Crippen LogP contribution in [0.15, 0.2) is 47.6 Å². The van der Waals surface area contributed by atoms with Gasteiger partial charge in [-0.25, -0.2) is 4.39 Å². The smallest absolute Gasteiger partial charge is 0.257 e. The van der Waals surface area contributed by atoms with Crippen molar-refractivity contribution in [2.45, 2.75) is 0 Å². The first-order chi connectivity index (χ1) is 10.0. The maximum atomic E-state index is 13.2. The third kappa shape index (κ3) is 3.29. The Morgan fingerprint density at radius 3 is 2.62 bits per heavy atom. The molecule has 5 nitrogen and oxygen atoms in total. The van der Waals surface area contributed by atoms with E-state index in [1.807, 2.05) is 0 Å². The molecule has 0 heterocycles. The summed E-state index contributed by atoms with van der Waals surface area (Å²) < 4.78 is 13.2. The van der Waals surface area contributed by atoms with E-state index < -0.39 is 11.7 Å². The van der Waals surface area contributed by atoms with Crippen molar-refractivity contribution in [1.29, 1.82) is 0 Å². The Labute approximate surface area is 124 Å². The first-order valence-corrected chi connectivity index (χ1v) is 6.24. The van der Waals surface area contributed by atoms with E-state index in [4.69, 9.17) is 22.5 Å². The number of rotatable bonds is 3. The first-order valence-electron chi connectivity index (χ1n) is 5.86. The van der Waals surface area contributed by atoms with Crippen molar-refractivity contribution in [1.82, 2.24) is 0 Å². The van der Waals surface area contributed by atoms with Crippen molar-refractivity contribution in [3.63, 3.8) is 0 Å². The van der Waals surface area contributed by atoms with E-state index in [1.165, 1.54) is 6.07 Å². The van der Waals surface area contributed by atoms with Gasteiger partial charge in [-0.15, -0.1) is 0 Å². The molecule has 0 saturated heterocycles. The first kappa shape index (κ1) is 14.8. The third-order valence-electron chi connectivity index (χ3n) is 2.73. The summed E-state index contributed by atoms with van der Waals surface area (Å²) in [6.07, 6.45) is 0. The van der Waals surface area contributed by atoms with E-state index in [0.29, 0.717) is 0 Å². The molecule has 2 rings (SSSR count). The summed E-state index contributed by atoms with van der Waals surface area (Å²) in [5.41, 5.74) is 6.00. The number of nitrogens with one attached hydrogen (secondary N) is 1. The number of oxime groups is 1. The van der Waals surface area contributed by atoms with Gasteiger partial charge in [-0.3, -0.25) is 4.79 Å². The van der Waals surface area contributed by atoms with Gasteiger partial charge in [0, 0.05) is 5.56 Å². The number of amidine groups is 1. The molecule has 0 aromatic heterocycles. The molecule has 108 valence electrons. The van der Waals surface area contributed by atoms with Crippen LogP contribution in [0.2, 0.25) is 5.02 Å². The summed E-state index contributed by atoms with van der Waals surface area (Å²) in [6.45, 7) is 0. The Morgan fingerprint density at radius 1 is 1.24 bits per heavy atom. The summed E-state index contributed by atoms with van der Waals surface area (Å²) in [7, 11) is 0. The summed E-state index contributed by atoms with van der Waals surface area (Å²) in [5, 5.41) is 14.3. The van der Waals surface area contributed by atoms with E-state index >= 15 is 0 Å². The highest BCUT2D eigenvalue weighted by molar-refractivity contribution is 6.34. The zero-order chi connectivity index (χ0) is 15.4. The van der Waals surface area contributed by atoms with Gasteiger partial charge in [0.15, 0.2) is 5.84 Å². The number of hydrogen-bond acceptors (Lipinski definition) is 3. The van der Waals surface area contributed by atoms with E-state index in [2.05, 4.69) is 10.5 Å². The van der Waals surface area contributed by atoms with Crippen molar-refractivity contribution in [2.24, 2.45) is 10.9 Å². The summed E-state index contributed by atoms with van der Waals surface area (Å²) in [6, 6.07) is 10.00. The maximum absolute atomic E-state index is 13.2. The van der Waals surface area contributed by atoms with Crippen LogP contribution in [0.4, 0.5) is 10.1 Å². The molecule has 0 aliphatic heterocycles. The lowest BCUT2D eigenvalue weighted by Crippen LogP contribution is -2.19. The van der Waals surface area contributed by atoms with Gasteiger partial charge in [-0.1, -0.05) is 28.9 Å². The van der Waals surface area contributed by atoms with Gasteiger partial charge in [-0.2, -0.15) is 0 Å². The van der Waals surface area contributed by atoms with Crippen LogP contribution < -0.4 is 11.1 Å². The Balaban J connectivity index is 2.36. The molecule has 0 spiro atoms. The van der Waals surface area contributed by atoms with Crippen LogP contribution in [0.25, 0.3) is 0 Å². The van der Waals surface area contributed by atoms with Crippen LogP contribution >= 0.6 is 11.6 Å². The fourth-order valence-electron chi connectivity index (χ4n) is 1.73. The van der Waals surface area contributed by atoms with Crippen molar-refractivity contribution >= 4 is 29.0 Å². The van der Waals surface area contributed by atoms with Crippen molar-refractivity contribution < 1.29 is 14.4 Å². The topological polar surface area (TPSA) is 87.7 Å². The van der Waals surface area contributed by atoms with E-state index in [9.17, 15) is 9.18 Å². The molecule has 0 fully saturated rings. The minimum atomic E-state index is -0.577. The van der Waals surface area contributed by atoms with Gasteiger partial charge in [0.2, 0.25) is 0 Å². The second-order valence-corrected chi connectivity index (χ2v) is 4.52. The predicted octanol–water partition coefficient (Wildman–Crippen LogP) is 2.83. The molecule has 4 N–H and O–H groups in total. The molecule has 0 radical (unpaired) electrons. The number of nitrogens with two attached hydrogens (primary N) is 1. The monoisotopic (exact) mass is 307 g/mol. The molecular weight excluding hydrogens is 297 g/mol. The Bertz CT molecular complexity index is 719. The lowest BCUT2D eigenvalue weighted by molar-refractivity contribution is 0.102. The molecule has 7 heteroatoms. The Morgan fingerprint density at radius 2 is 1.95 bits per heavy atom. The SMILES string of the molecule is N/C(=N/O)c1cc(F)ccc1NC(=O)c1ccccc1Cl. The second kappa shape index (κ2) is 6.23. The normalized spacial score (nSPS) is 11.2. The lowest BCUT2D eigenvalue weighted by Gasteiger charge is -2.11. The van der Waals surface area contributed by atoms with Crippen LogP contribution in [0.3, 0.4) is 0 Å². The predicted molar refractivity (Wildman–Crippen MR) is 78.3 cm³/mol.